The largest absolute Gasteiger partial charge is 0.486 e. The van der Waals surface area contributed by atoms with Crippen molar-refractivity contribution >= 4 is 27.7 Å². The number of ether oxygens (including phenoxy) is 1. The van der Waals surface area contributed by atoms with Gasteiger partial charge in [0.25, 0.3) is 0 Å². The summed E-state index contributed by atoms with van der Waals surface area (Å²) < 4.78 is 8.92. The molecule has 0 unspecified atom stereocenters. The van der Waals surface area contributed by atoms with Crippen LogP contribution in [-0.2, 0) is 18.9 Å². The molecule has 128 valence electrons. The fraction of sp³-hybridized carbons (Fsp3) is 0.158. The molecule has 0 N–H and O–H groups in total. The zero-order valence-electron chi connectivity index (χ0n) is 13.6. The second-order valence-electron chi connectivity index (χ2n) is 5.31. The highest BCUT2D eigenvalue weighted by molar-refractivity contribution is 9.10. The average Bonchev–Trinajstić information content (AvgIpc) is 3.03. The molecule has 0 atom stereocenters. The van der Waals surface area contributed by atoms with Crippen molar-refractivity contribution in [1.29, 1.82) is 0 Å². The van der Waals surface area contributed by atoms with Gasteiger partial charge in [0, 0.05) is 16.8 Å². The van der Waals surface area contributed by atoms with Crippen molar-refractivity contribution < 1.29 is 4.74 Å². The van der Waals surface area contributed by atoms with E-state index >= 15 is 0 Å². The van der Waals surface area contributed by atoms with Crippen molar-refractivity contribution in [2.24, 2.45) is 0 Å². The lowest BCUT2D eigenvalue weighted by Crippen LogP contribution is -2.07. The molecule has 0 aliphatic heterocycles. The summed E-state index contributed by atoms with van der Waals surface area (Å²) in [6.07, 6.45) is 1.85. The van der Waals surface area contributed by atoms with Gasteiger partial charge in [0.15, 0.2) is 11.0 Å². The van der Waals surface area contributed by atoms with Gasteiger partial charge in [-0.15, -0.1) is 16.8 Å². The van der Waals surface area contributed by atoms with E-state index in [1.165, 1.54) is 5.56 Å². The van der Waals surface area contributed by atoms with E-state index in [0.717, 1.165) is 27.0 Å². The Kier molecular flexibility index (Phi) is 6.30. The van der Waals surface area contributed by atoms with E-state index in [9.17, 15) is 0 Å². The highest BCUT2D eigenvalue weighted by atomic mass is 79.9. The molecule has 0 saturated carbocycles. The molecule has 0 aliphatic rings. The molecule has 0 saturated heterocycles. The smallest absolute Gasteiger partial charge is 0.191 e. The average molecular weight is 416 g/mol. The third-order valence-corrected chi connectivity index (χ3v) is 5.06. The molecular formula is C19H18BrN3OS. The molecule has 6 heteroatoms. The van der Waals surface area contributed by atoms with Gasteiger partial charge in [-0.25, -0.2) is 0 Å². The van der Waals surface area contributed by atoms with Crippen LogP contribution in [0.4, 0.5) is 0 Å². The van der Waals surface area contributed by atoms with Crippen LogP contribution in [0.15, 0.2) is 76.9 Å². The van der Waals surface area contributed by atoms with Gasteiger partial charge in [-0.1, -0.05) is 64.1 Å². The molecule has 3 rings (SSSR count). The maximum absolute atomic E-state index is 5.80. The van der Waals surface area contributed by atoms with Crippen molar-refractivity contribution in [2.75, 3.05) is 0 Å². The second-order valence-corrected chi connectivity index (χ2v) is 7.17. The Balaban J connectivity index is 1.68. The number of halogens is 1. The molecular weight excluding hydrogens is 398 g/mol. The van der Waals surface area contributed by atoms with Crippen molar-refractivity contribution in [3.05, 3.63) is 83.1 Å². The quantitative estimate of drug-likeness (QED) is 0.379. The van der Waals surface area contributed by atoms with Gasteiger partial charge < -0.3 is 4.74 Å². The van der Waals surface area contributed by atoms with Crippen LogP contribution in [0.3, 0.4) is 0 Å². The van der Waals surface area contributed by atoms with Crippen LogP contribution in [0.5, 0.6) is 5.75 Å². The van der Waals surface area contributed by atoms with Gasteiger partial charge in [0.2, 0.25) is 0 Å². The predicted octanol–water partition coefficient (Wildman–Crippen LogP) is 5.10. The van der Waals surface area contributed by atoms with Gasteiger partial charge in [-0.2, -0.15) is 0 Å². The number of hydrogen-bond donors (Lipinski definition) is 0. The Morgan fingerprint density at radius 2 is 1.84 bits per heavy atom. The van der Waals surface area contributed by atoms with Gasteiger partial charge >= 0.3 is 0 Å². The normalized spacial score (nSPS) is 10.6. The summed E-state index contributed by atoms with van der Waals surface area (Å²) >= 11 is 5.11. The molecule has 4 nitrogen and oxygen atoms in total. The van der Waals surface area contributed by atoms with Crippen molar-refractivity contribution in [2.45, 2.75) is 24.1 Å². The van der Waals surface area contributed by atoms with Gasteiger partial charge in [-0.3, -0.25) is 4.57 Å². The van der Waals surface area contributed by atoms with Gasteiger partial charge in [-0.05, 0) is 29.8 Å². The summed E-state index contributed by atoms with van der Waals surface area (Å²) in [6, 6.07) is 18.0. The van der Waals surface area contributed by atoms with Gasteiger partial charge in [0.05, 0.1) is 0 Å². The zero-order chi connectivity index (χ0) is 17.5. The standard InChI is InChI=1S/C19H18BrN3OS/c1-2-12-23-18(13-24-17-6-4-3-5-7-17)21-22-19(23)25-14-15-8-10-16(20)11-9-15/h2-11H,1,12-14H2. The van der Waals surface area contributed by atoms with Crippen LogP contribution in [0.2, 0.25) is 0 Å². The zero-order valence-corrected chi connectivity index (χ0v) is 16.0. The maximum Gasteiger partial charge on any atom is 0.191 e. The Hall–Kier alpha value is -2.05. The summed E-state index contributed by atoms with van der Waals surface area (Å²) in [5.74, 6) is 2.45. The first-order valence-corrected chi connectivity index (χ1v) is 9.62. The lowest BCUT2D eigenvalue weighted by atomic mass is 10.2. The van der Waals surface area contributed by atoms with E-state index in [0.29, 0.717) is 13.2 Å². The third-order valence-electron chi connectivity index (χ3n) is 3.50. The van der Waals surface area contributed by atoms with E-state index < -0.39 is 0 Å². The number of para-hydroxylation sites is 1. The van der Waals surface area contributed by atoms with E-state index in [4.69, 9.17) is 4.74 Å². The number of thioether (sulfide) groups is 1. The second kappa shape index (κ2) is 8.87. The lowest BCUT2D eigenvalue weighted by Gasteiger charge is -2.09. The first-order chi connectivity index (χ1) is 12.3. The Morgan fingerprint density at radius 1 is 1.08 bits per heavy atom. The minimum atomic E-state index is 0.379. The van der Waals surface area contributed by atoms with Crippen LogP contribution in [-0.4, -0.2) is 14.8 Å². The minimum Gasteiger partial charge on any atom is -0.486 e. The Bertz CT molecular complexity index is 818. The van der Waals surface area contributed by atoms with Crippen molar-refractivity contribution in [3.8, 4) is 5.75 Å². The van der Waals surface area contributed by atoms with Crippen molar-refractivity contribution in [1.82, 2.24) is 14.8 Å². The summed E-state index contributed by atoms with van der Waals surface area (Å²) in [4.78, 5) is 0. The van der Waals surface area contributed by atoms with E-state index in [1.54, 1.807) is 11.8 Å². The SMILES string of the molecule is C=CCn1c(COc2ccccc2)nnc1SCc1ccc(Br)cc1. The number of rotatable bonds is 8. The van der Waals surface area contributed by atoms with E-state index in [1.807, 2.05) is 53.1 Å². The fourth-order valence-corrected chi connectivity index (χ4v) is 3.42. The summed E-state index contributed by atoms with van der Waals surface area (Å²) in [6.45, 7) is 4.87. The summed E-state index contributed by atoms with van der Waals surface area (Å²) in [5.41, 5.74) is 1.24. The highest BCUT2D eigenvalue weighted by Gasteiger charge is 2.12. The minimum absolute atomic E-state index is 0.379. The topological polar surface area (TPSA) is 39.9 Å². The lowest BCUT2D eigenvalue weighted by molar-refractivity contribution is 0.289. The number of hydrogen-bond acceptors (Lipinski definition) is 4. The van der Waals surface area contributed by atoms with E-state index in [2.05, 4.69) is 44.8 Å². The van der Waals surface area contributed by atoms with Crippen LogP contribution in [0.1, 0.15) is 11.4 Å². The molecule has 0 radical (unpaired) electrons. The first-order valence-electron chi connectivity index (χ1n) is 7.84. The van der Waals surface area contributed by atoms with Crippen LogP contribution >= 0.6 is 27.7 Å². The predicted molar refractivity (Wildman–Crippen MR) is 105 cm³/mol. The van der Waals surface area contributed by atoms with Crippen molar-refractivity contribution in [3.63, 3.8) is 0 Å². The number of aromatic nitrogens is 3. The van der Waals surface area contributed by atoms with Crippen LogP contribution in [0, 0.1) is 0 Å². The fourth-order valence-electron chi connectivity index (χ4n) is 2.24. The van der Waals surface area contributed by atoms with E-state index in [-0.39, 0.29) is 0 Å². The Morgan fingerprint density at radius 3 is 2.56 bits per heavy atom. The third kappa shape index (κ3) is 4.96. The number of allylic oxidation sites excluding steroid dienone is 1. The monoisotopic (exact) mass is 415 g/mol. The number of benzene rings is 2. The highest BCUT2D eigenvalue weighted by Crippen LogP contribution is 2.23. The summed E-state index contributed by atoms with van der Waals surface area (Å²) in [7, 11) is 0. The molecule has 25 heavy (non-hydrogen) atoms. The molecule has 2 aromatic carbocycles. The Labute approximate surface area is 160 Å². The first kappa shape index (κ1) is 17.8. The molecule has 1 aromatic heterocycles. The number of nitrogens with zero attached hydrogens (tertiary/aromatic N) is 3. The summed E-state index contributed by atoms with van der Waals surface area (Å²) in [5, 5.41) is 9.48. The van der Waals surface area contributed by atoms with Crippen LogP contribution in [0.25, 0.3) is 0 Å². The molecule has 0 bridgehead atoms. The molecule has 1 heterocycles. The van der Waals surface area contributed by atoms with Gasteiger partial charge in [0.1, 0.15) is 12.4 Å². The molecule has 0 spiro atoms. The molecule has 0 fully saturated rings. The molecule has 0 aliphatic carbocycles. The molecule has 3 aromatic rings. The van der Waals surface area contributed by atoms with Crippen LogP contribution < -0.4 is 4.74 Å². The molecule has 0 amide bonds. The maximum atomic E-state index is 5.80.